The van der Waals surface area contributed by atoms with Gasteiger partial charge in [0.25, 0.3) is 0 Å². The number of hydrogen-bond acceptors (Lipinski definition) is 0. The molecule has 64 valence electrons. The number of allylic oxidation sites excluding steroid dienone is 2. The highest BCUT2D eigenvalue weighted by atomic mass is 14.9. The van der Waals surface area contributed by atoms with Gasteiger partial charge in [-0.2, -0.15) is 0 Å². The standard InChI is InChI=1S/C11H15N/c1-5-9(3)10-7-11(6-2)12(4)8-10/h5-8H,2H2,1,3-4H3/b9-5+. The molecule has 0 unspecified atom stereocenters. The molecule has 12 heavy (non-hydrogen) atoms. The number of aryl methyl sites for hydroxylation is 1. The van der Waals surface area contributed by atoms with Crippen LogP contribution in [-0.2, 0) is 7.05 Å². The summed E-state index contributed by atoms with van der Waals surface area (Å²) in [5.74, 6) is 0. The Kier molecular flexibility index (Phi) is 2.54. The quantitative estimate of drug-likeness (QED) is 0.628. The molecule has 0 bridgehead atoms. The number of hydrogen-bond donors (Lipinski definition) is 0. The maximum absolute atomic E-state index is 3.75. The fourth-order valence-corrected chi connectivity index (χ4v) is 1.17. The van der Waals surface area contributed by atoms with Crippen LogP contribution < -0.4 is 0 Å². The van der Waals surface area contributed by atoms with E-state index in [0.29, 0.717) is 0 Å². The molecule has 0 aliphatic heterocycles. The molecule has 1 rings (SSSR count). The Hall–Kier alpha value is -1.24. The predicted octanol–water partition coefficient (Wildman–Crippen LogP) is 3.09. The van der Waals surface area contributed by atoms with Crippen molar-refractivity contribution < 1.29 is 0 Å². The van der Waals surface area contributed by atoms with E-state index in [0.717, 1.165) is 5.69 Å². The second kappa shape index (κ2) is 3.44. The minimum Gasteiger partial charge on any atom is -0.350 e. The number of rotatable bonds is 2. The molecule has 1 aromatic rings. The van der Waals surface area contributed by atoms with Gasteiger partial charge in [-0.1, -0.05) is 12.7 Å². The smallest absolute Gasteiger partial charge is 0.0404 e. The van der Waals surface area contributed by atoms with Crippen LogP contribution in [0.1, 0.15) is 25.1 Å². The van der Waals surface area contributed by atoms with Crippen molar-refractivity contribution in [3.05, 3.63) is 36.2 Å². The van der Waals surface area contributed by atoms with Crippen LogP contribution in [0.15, 0.2) is 24.9 Å². The summed E-state index contributed by atoms with van der Waals surface area (Å²) in [7, 11) is 2.03. The average molecular weight is 161 g/mol. The molecule has 0 aromatic carbocycles. The molecule has 1 aromatic heterocycles. The lowest BCUT2D eigenvalue weighted by Crippen LogP contribution is -1.85. The molecule has 0 fully saturated rings. The van der Waals surface area contributed by atoms with Crippen LogP contribution in [0.3, 0.4) is 0 Å². The Labute approximate surface area is 74.0 Å². The van der Waals surface area contributed by atoms with Gasteiger partial charge < -0.3 is 4.57 Å². The van der Waals surface area contributed by atoms with Crippen molar-refractivity contribution >= 4 is 11.6 Å². The minimum absolute atomic E-state index is 1.16. The van der Waals surface area contributed by atoms with Gasteiger partial charge >= 0.3 is 0 Å². The molecule has 0 amide bonds. The first-order valence-electron chi connectivity index (χ1n) is 4.11. The molecule has 0 atom stereocenters. The van der Waals surface area contributed by atoms with Crippen molar-refractivity contribution in [1.29, 1.82) is 0 Å². The van der Waals surface area contributed by atoms with Gasteiger partial charge in [0.2, 0.25) is 0 Å². The Bertz CT molecular complexity index is 316. The van der Waals surface area contributed by atoms with E-state index in [1.165, 1.54) is 11.1 Å². The van der Waals surface area contributed by atoms with Gasteiger partial charge in [-0.15, -0.1) is 0 Å². The van der Waals surface area contributed by atoms with Crippen LogP contribution in [0, 0.1) is 0 Å². The van der Waals surface area contributed by atoms with E-state index in [1.807, 2.05) is 13.1 Å². The average Bonchev–Trinajstić information content (AvgIpc) is 2.45. The van der Waals surface area contributed by atoms with Crippen LogP contribution in [0.2, 0.25) is 0 Å². The monoisotopic (exact) mass is 161 g/mol. The summed E-state index contributed by atoms with van der Waals surface area (Å²) >= 11 is 0. The Balaban J connectivity index is 3.13. The molecule has 0 saturated heterocycles. The highest BCUT2D eigenvalue weighted by molar-refractivity contribution is 5.65. The van der Waals surface area contributed by atoms with Crippen molar-refractivity contribution in [3.8, 4) is 0 Å². The zero-order chi connectivity index (χ0) is 9.14. The van der Waals surface area contributed by atoms with E-state index in [9.17, 15) is 0 Å². The maximum Gasteiger partial charge on any atom is 0.0404 e. The van der Waals surface area contributed by atoms with E-state index in [4.69, 9.17) is 0 Å². The molecule has 0 aliphatic rings. The summed E-state index contributed by atoms with van der Waals surface area (Å²) in [6, 6.07) is 2.14. The van der Waals surface area contributed by atoms with Crippen LogP contribution in [0.25, 0.3) is 11.6 Å². The molecule has 0 spiro atoms. The van der Waals surface area contributed by atoms with Crippen molar-refractivity contribution in [1.82, 2.24) is 4.57 Å². The van der Waals surface area contributed by atoms with Gasteiger partial charge in [0.15, 0.2) is 0 Å². The van der Waals surface area contributed by atoms with E-state index in [1.54, 1.807) is 0 Å². The van der Waals surface area contributed by atoms with Crippen LogP contribution >= 0.6 is 0 Å². The minimum atomic E-state index is 1.16. The fourth-order valence-electron chi connectivity index (χ4n) is 1.17. The highest BCUT2D eigenvalue weighted by Gasteiger charge is 1.99. The third-order valence-corrected chi connectivity index (χ3v) is 2.14. The summed E-state index contributed by atoms with van der Waals surface area (Å²) < 4.78 is 2.08. The second-order valence-electron chi connectivity index (χ2n) is 2.94. The van der Waals surface area contributed by atoms with E-state index in [2.05, 4.69) is 43.3 Å². The van der Waals surface area contributed by atoms with Crippen molar-refractivity contribution in [2.75, 3.05) is 0 Å². The SMILES string of the molecule is C=Cc1cc(/C(C)=C/C)cn1C. The summed E-state index contributed by atoms with van der Waals surface area (Å²) in [6.07, 6.45) is 6.10. The Morgan fingerprint density at radius 2 is 2.25 bits per heavy atom. The van der Waals surface area contributed by atoms with E-state index >= 15 is 0 Å². The molecule has 0 aliphatic carbocycles. The van der Waals surface area contributed by atoms with E-state index in [-0.39, 0.29) is 0 Å². The van der Waals surface area contributed by atoms with Gasteiger partial charge in [-0.3, -0.25) is 0 Å². The normalized spacial score (nSPS) is 11.8. The maximum atomic E-state index is 3.75. The molecule has 1 heterocycles. The van der Waals surface area contributed by atoms with Crippen LogP contribution in [0.4, 0.5) is 0 Å². The second-order valence-corrected chi connectivity index (χ2v) is 2.94. The third-order valence-electron chi connectivity index (χ3n) is 2.14. The molecule has 1 nitrogen and oxygen atoms in total. The van der Waals surface area contributed by atoms with Crippen LogP contribution in [0.5, 0.6) is 0 Å². The lowest BCUT2D eigenvalue weighted by Gasteiger charge is -1.93. The van der Waals surface area contributed by atoms with Crippen LogP contribution in [-0.4, -0.2) is 4.57 Å². The zero-order valence-corrected chi connectivity index (χ0v) is 7.96. The predicted molar refractivity (Wildman–Crippen MR) is 54.8 cm³/mol. The summed E-state index contributed by atoms with van der Waals surface area (Å²) in [4.78, 5) is 0. The number of aromatic nitrogens is 1. The molecular formula is C11H15N. The zero-order valence-electron chi connectivity index (χ0n) is 7.96. The topological polar surface area (TPSA) is 4.93 Å². The first-order chi connectivity index (χ1) is 5.69. The van der Waals surface area contributed by atoms with E-state index < -0.39 is 0 Å². The van der Waals surface area contributed by atoms with Gasteiger partial charge in [0.1, 0.15) is 0 Å². The van der Waals surface area contributed by atoms with Crippen molar-refractivity contribution in [2.45, 2.75) is 13.8 Å². The molecule has 0 N–H and O–H groups in total. The third kappa shape index (κ3) is 1.50. The molecule has 0 saturated carbocycles. The largest absolute Gasteiger partial charge is 0.350 e. The van der Waals surface area contributed by atoms with Gasteiger partial charge in [0.05, 0.1) is 0 Å². The molecular weight excluding hydrogens is 146 g/mol. The Morgan fingerprint density at radius 3 is 2.67 bits per heavy atom. The molecule has 1 heteroatoms. The van der Waals surface area contributed by atoms with Crippen molar-refractivity contribution in [3.63, 3.8) is 0 Å². The fraction of sp³-hybridized carbons (Fsp3) is 0.273. The first kappa shape index (κ1) is 8.85. The van der Waals surface area contributed by atoms with Gasteiger partial charge in [-0.25, -0.2) is 0 Å². The van der Waals surface area contributed by atoms with Gasteiger partial charge in [-0.05, 0) is 37.1 Å². The van der Waals surface area contributed by atoms with Crippen molar-refractivity contribution in [2.24, 2.45) is 7.05 Å². The highest BCUT2D eigenvalue weighted by Crippen LogP contribution is 2.16. The Morgan fingerprint density at radius 1 is 1.58 bits per heavy atom. The lowest BCUT2D eigenvalue weighted by atomic mass is 10.1. The van der Waals surface area contributed by atoms with Gasteiger partial charge in [0, 0.05) is 18.9 Å². The summed E-state index contributed by atoms with van der Waals surface area (Å²) in [5, 5.41) is 0. The summed E-state index contributed by atoms with van der Waals surface area (Å²) in [6.45, 7) is 7.91. The summed E-state index contributed by atoms with van der Waals surface area (Å²) in [5.41, 5.74) is 3.74. The lowest BCUT2D eigenvalue weighted by molar-refractivity contribution is 0.914. The number of nitrogens with zero attached hydrogens (tertiary/aromatic N) is 1. The molecule has 0 radical (unpaired) electrons. The first-order valence-corrected chi connectivity index (χ1v) is 4.11.